The molecule has 2 aromatic heterocycles. The molecule has 0 aromatic carbocycles. The van der Waals surface area contributed by atoms with Gasteiger partial charge in [0.25, 0.3) is 0 Å². The van der Waals surface area contributed by atoms with Gasteiger partial charge in [0.1, 0.15) is 5.69 Å². The molecule has 32 heavy (non-hydrogen) atoms. The van der Waals surface area contributed by atoms with E-state index in [1.54, 1.807) is 11.1 Å². The lowest BCUT2D eigenvalue weighted by Gasteiger charge is -2.33. The fraction of sp³-hybridized carbons (Fsp3) is 0.524. The summed E-state index contributed by atoms with van der Waals surface area (Å²) in [6, 6.07) is 1.63. The van der Waals surface area contributed by atoms with Gasteiger partial charge in [-0.15, -0.1) is 0 Å². The Morgan fingerprint density at radius 1 is 1.22 bits per heavy atom. The van der Waals surface area contributed by atoms with E-state index < -0.39 is 0 Å². The molecule has 10 nitrogen and oxygen atoms in total. The zero-order valence-electron chi connectivity index (χ0n) is 18.5. The lowest BCUT2D eigenvalue weighted by Crippen LogP contribution is -2.45. The number of halogens is 1. The van der Waals surface area contributed by atoms with Crippen LogP contribution in [0.5, 0.6) is 6.01 Å². The predicted octanol–water partition coefficient (Wildman–Crippen LogP) is 1.48. The Balaban J connectivity index is 1.54. The summed E-state index contributed by atoms with van der Waals surface area (Å²) in [7, 11) is 2.05. The standard InChI is InChI=1S/C21H29FN8O2/c1-3-4-9-32-21-26-18(23)17-20(27-21)30(13-16(31)25-17)12-14-10-15(22)19(24-11-14)29-7-5-28(2)6-8-29/h10-11H,3-9,12-13H2,1-2H3,(H,25,31)(H2,23,26,27). The zero-order chi connectivity index (χ0) is 22.7. The van der Waals surface area contributed by atoms with Crippen molar-refractivity contribution in [2.45, 2.75) is 26.3 Å². The first-order chi connectivity index (χ1) is 15.4. The van der Waals surface area contributed by atoms with Crippen molar-refractivity contribution in [2.24, 2.45) is 0 Å². The van der Waals surface area contributed by atoms with Gasteiger partial charge in [0.05, 0.1) is 13.2 Å². The van der Waals surface area contributed by atoms with Crippen LogP contribution in [0.3, 0.4) is 0 Å². The van der Waals surface area contributed by atoms with Crippen LogP contribution >= 0.6 is 0 Å². The van der Waals surface area contributed by atoms with E-state index in [0.29, 0.717) is 29.5 Å². The number of ether oxygens (including phenoxy) is 1. The van der Waals surface area contributed by atoms with Gasteiger partial charge in [0.15, 0.2) is 23.3 Å². The number of hydrogen-bond donors (Lipinski definition) is 2. The summed E-state index contributed by atoms with van der Waals surface area (Å²) in [5, 5.41) is 2.72. The molecule has 1 amide bonds. The number of nitrogens with two attached hydrogens (primary N) is 1. The third-order valence-electron chi connectivity index (χ3n) is 5.58. The molecule has 0 unspecified atom stereocenters. The first-order valence-corrected chi connectivity index (χ1v) is 10.9. The van der Waals surface area contributed by atoms with Crippen molar-refractivity contribution in [3.05, 3.63) is 23.6 Å². The number of nitrogens with one attached hydrogen (secondary N) is 1. The van der Waals surface area contributed by atoms with Crippen LogP contribution in [0.1, 0.15) is 25.3 Å². The van der Waals surface area contributed by atoms with Gasteiger partial charge in [-0.05, 0) is 25.1 Å². The Kier molecular flexibility index (Phi) is 6.54. The highest BCUT2D eigenvalue weighted by Gasteiger charge is 2.28. The number of piperazine rings is 1. The van der Waals surface area contributed by atoms with Crippen molar-refractivity contribution in [3.63, 3.8) is 0 Å². The van der Waals surface area contributed by atoms with Crippen LogP contribution in [0.25, 0.3) is 0 Å². The lowest BCUT2D eigenvalue weighted by atomic mass is 10.2. The van der Waals surface area contributed by atoms with Gasteiger partial charge in [-0.3, -0.25) is 4.79 Å². The molecule has 0 bridgehead atoms. The second kappa shape index (κ2) is 9.51. The number of carbonyl (C=O) groups excluding carboxylic acids is 1. The molecule has 0 spiro atoms. The second-order valence-corrected chi connectivity index (χ2v) is 8.14. The maximum Gasteiger partial charge on any atom is 0.320 e. The number of nitrogen functional groups attached to an aromatic ring is 1. The number of rotatable bonds is 7. The fourth-order valence-corrected chi connectivity index (χ4v) is 3.75. The van der Waals surface area contributed by atoms with Crippen LogP contribution in [-0.4, -0.2) is 72.1 Å². The number of hydrogen-bond acceptors (Lipinski definition) is 9. The highest BCUT2D eigenvalue weighted by Crippen LogP contribution is 2.34. The summed E-state index contributed by atoms with van der Waals surface area (Å²) in [5.41, 5.74) is 7.02. The summed E-state index contributed by atoms with van der Waals surface area (Å²) >= 11 is 0. The van der Waals surface area contributed by atoms with Crippen LogP contribution in [-0.2, 0) is 11.3 Å². The number of likely N-dealkylation sites (N-methyl/N-ethyl adjacent to an activating group) is 1. The molecule has 2 aliphatic rings. The first-order valence-electron chi connectivity index (χ1n) is 10.9. The topological polar surface area (TPSA) is 113 Å². The Morgan fingerprint density at radius 2 is 2.00 bits per heavy atom. The third-order valence-corrected chi connectivity index (χ3v) is 5.58. The largest absolute Gasteiger partial charge is 0.463 e. The maximum atomic E-state index is 14.9. The molecular formula is C21H29FN8O2. The highest BCUT2D eigenvalue weighted by molar-refractivity contribution is 6.03. The van der Waals surface area contributed by atoms with Gasteiger partial charge >= 0.3 is 6.01 Å². The number of aromatic nitrogens is 3. The normalized spacial score (nSPS) is 16.7. The quantitative estimate of drug-likeness (QED) is 0.613. The van der Waals surface area contributed by atoms with Crippen molar-refractivity contribution in [1.29, 1.82) is 0 Å². The minimum absolute atomic E-state index is 0.0552. The minimum Gasteiger partial charge on any atom is -0.463 e. The van der Waals surface area contributed by atoms with Crippen molar-refractivity contribution in [1.82, 2.24) is 19.9 Å². The SMILES string of the molecule is CCCCOc1nc(N)c2c(n1)N(Cc1cnc(N3CCN(C)CC3)c(F)c1)CC(=O)N2. The van der Waals surface area contributed by atoms with Crippen molar-refractivity contribution in [3.8, 4) is 6.01 Å². The highest BCUT2D eigenvalue weighted by atomic mass is 19.1. The third kappa shape index (κ3) is 4.82. The number of carbonyl (C=O) groups is 1. The summed E-state index contributed by atoms with van der Waals surface area (Å²) in [6.45, 7) is 6.04. The molecule has 4 heterocycles. The minimum atomic E-state index is -0.375. The van der Waals surface area contributed by atoms with Gasteiger partial charge in [0, 0.05) is 38.9 Å². The summed E-state index contributed by atoms with van der Waals surface area (Å²) in [6.07, 6.45) is 3.49. The molecule has 1 fully saturated rings. The number of fused-ring (bicyclic) bond motifs is 1. The first kappa shape index (κ1) is 22.0. The van der Waals surface area contributed by atoms with E-state index in [1.165, 1.54) is 6.07 Å². The van der Waals surface area contributed by atoms with E-state index in [1.807, 2.05) is 11.9 Å². The van der Waals surface area contributed by atoms with Crippen LogP contribution in [0.4, 0.5) is 27.5 Å². The van der Waals surface area contributed by atoms with Crippen molar-refractivity contribution >= 4 is 29.0 Å². The Hall–Kier alpha value is -3.21. The number of nitrogens with zero attached hydrogens (tertiary/aromatic N) is 6. The molecule has 0 radical (unpaired) electrons. The number of pyridine rings is 1. The summed E-state index contributed by atoms with van der Waals surface area (Å²) < 4.78 is 20.5. The summed E-state index contributed by atoms with van der Waals surface area (Å²) in [4.78, 5) is 31.1. The van der Waals surface area contributed by atoms with Crippen LogP contribution in [0.15, 0.2) is 12.3 Å². The van der Waals surface area contributed by atoms with E-state index >= 15 is 0 Å². The molecule has 2 aliphatic heterocycles. The average Bonchev–Trinajstić information content (AvgIpc) is 2.76. The molecule has 4 rings (SSSR count). The van der Waals surface area contributed by atoms with E-state index in [0.717, 1.165) is 39.0 Å². The Labute approximate surface area is 186 Å². The van der Waals surface area contributed by atoms with Gasteiger partial charge in [-0.1, -0.05) is 13.3 Å². The van der Waals surface area contributed by atoms with Crippen LogP contribution < -0.4 is 25.6 Å². The number of anilines is 4. The van der Waals surface area contributed by atoms with E-state index in [2.05, 4.69) is 32.1 Å². The maximum absolute atomic E-state index is 14.9. The zero-order valence-corrected chi connectivity index (χ0v) is 18.5. The van der Waals surface area contributed by atoms with Crippen LogP contribution in [0.2, 0.25) is 0 Å². The molecular weight excluding hydrogens is 415 g/mol. The molecule has 0 atom stereocenters. The van der Waals surface area contributed by atoms with Gasteiger partial charge < -0.3 is 30.5 Å². The van der Waals surface area contributed by atoms with Crippen molar-refractivity contribution < 1.29 is 13.9 Å². The van der Waals surface area contributed by atoms with Gasteiger partial charge in [-0.2, -0.15) is 9.97 Å². The van der Waals surface area contributed by atoms with E-state index in [4.69, 9.17) is 10.5 Å². The van der Waals surface area contributed by atoms with E-state index in [-0.39, 0.29) is 36.6 Å². The van der Waals surface area contributed by atoms with Crippen molar-refractivity contribution in [2.75, 3.05) is 67.2 Å². The van der Waals surface area contributed by atoms with Crippen LogP contribution in [0, 0.1) is 5.82 Å². The Morgan fingerprint density at radius 3 is 2.72 bits per heavy atom. The number of amides is 1. The predicted molar refractivity (Wildman–Crippen MR) is 120 cm³/mol. The average molecular weight is 445 g/mol. The Bertz CT molecular complexity index is 981. The smallest absolute Gasteiger partial charge is 0.320 e. The van der Waals surface area contributed by atoms with E-state index in [9.17, 15) is 9.18 Å². The molecule has 2 aromatic rings. The fourth-order valence-electron chi connectivity index (χ4n) is 3.75. The second-order valence-electron chi connectivity index (χ2n) is 8.14. The molecule has 1 saturated heterocycles. The molecule has 172 valence electrons. The molecule has 11 heteroatoms. The monoisotopic (exact) mass is 444 g/mol. The molecule has 3 N–H and O–H groups in total. The van der Waals surface area contributed by atoms with Gasteiger partial charge in [-0.25, -0.2) is 9.37 Å². The lowest BCUT2D eigenvalue weighted by molar-refractivity contribution is -0.115. The number of unbranched alkanes of at least 4 members (excludes halogenated alkanes) is 1. The van der Waals surface area contributed by atoms with Gasteiger partial charge in [0.2, 0.25) is 5.91 Å². The summed E-state index contributed by atoms with van der Waals surface area (Å²) in [5.74, 6) is 0.327. The molecule has 0 aliphatic carbocycles. The molecule has 0 saturated carbocycles.